The molecule has 0 aliphatic carbocycles. The topological polar surface area (TPSA) is 63.2 Å². The van der Waals surface area contributed by atoms with Crippen molar-refractivity contribution >= 4 is 28.1 Å². The van der Waals surface area contributed by atoms with Crippen LogP contribution in [-0.4, -0.2) is 49.9 Å². The number of morpholine rings is 1. The summed E-state index contributed by atoms with van der Waals surface area (Å²) in [6.07, 6.45) is 1.61. The van der Waals surface area contributed by atoms with Gasteiger partial charge < -0.3 is 9.47 Å². The van der Waals surface area contributed by atoms with Crippen molar-refractivity contribution in [2.75, 3.05) is 32.8 Å². The number of ether oxygens (including phenoxy) is 2. The van der Waals surface area contributed by atoms with E-state index in [1.54, 1.807) is 6.21 Å². The summed E-state index contributed by atoms with van der Waals surface area (Å²) in [6, 6.07) is 15.6. The molecule has 0 aromatic heterocycles. The van der Waals surface area contributed by atoms with Crippen LogP contribution in [-0.2, 0) is 16.1 Å². The average molecular weight is 432 g/mol. The minimum Gasteiger partial charge on any atom is -0.488 e. The zero-order valence-electron chi connectivity index (χ0n) is 14.9. The highest BCUT2D eigenvalue weighted by Crippen LogP contribution is 2.18. The van der Waals surface area contributed by atoms with Crippen molar-refractivity contribution in [1.29, 1.82) is 0 Å². The molecule has 27 heavy (non-hydrogen) atoms. The molecule has 1 saturated heterocycles. The van der Waals surface area contributed by atoms with Crippen molar-refractivity contribution < 1.29 is 14.3 Å². The molecule has 3 rings (SSSR count). The quantitative estimate of drug-likeness (QED) is 0.540. The minimum absolute atomic E-state index is 0.138. The van der Waals surface area contributed by atoms with E-state index >= 15 is 0 Å². The Morgan fingerprint density at radius 2 is 1.93 bits per heavy atom. The average Bonchev–Trinajstić information content (AvgIpc) is 2.69. The smallest absolute Gasteiger partial charge is 0.254 e. The normalized spacial score (nSPS) is 15.0. The molecule has 0 bridgehead atoms. The third-order valence-electron chi connectivity index (χ3n) is 4.09. The maximum atomic E-state index is 12.0. The van der Waals surface area contributed by atoms with Gasteiger partial charge >= 0.3 is 0 Å². The Labute approximate surface area is 167 Å². The van der Waals surface area contributed by atoms with Crippen molar-refractivity contribution in [2.24, 2.45) is 5.10 Å². The Bertz CT molecular complexity index is 774. The van der Waals surface area contributed by atoms with Gasteiger partial charge in [0.15, 0.2) is 0 Å². The van der Waals surface area contributed by atoms with Crippen molar-refractivity contribution in [3.63, 3.8) is 0 Å². The molecule has 1 amide bonds. The van der Waals surface area contributed by atoms with Crippen LogP contribution in [0.5, 0.6) is 5.75 Å². The van der Waals surface area contributed by atoms with Crippen LogP contribution in [0.15, 0.2) is 58.1 Å². The van der Waals surface area contributed by atoms with E-state index in [2.05, 4.69) is 26.5 Å². The van der Waals surface area contributed by atoms with E-state index in [9.17, 15) is 4.79 Å². The molecule has 1 aliphatic heterocycles. The van der Waals surface area contributed by atoms with Crippen molar-refractivity contribution in [3.8, 4) is 5.75 Å². The van der Waals surface area contributed by atoms with Gasteiger partial charge in [-0.2, -0.15) is 5.10 Å². The van der Waals surface area contributed by atoms with Gasteiger partial charge in [0, 0.05) is 23.1 Å². The van der Waals surface area contributed by atoms with E-state index in [1.165, 1.54) is 0 Å². The van der Waals surface area contributed by atoms with Crippen LogP contribution in [0.2, 0.25) is 0 Å². The molecule has 0 saturated carbocycles. The summed E-state index contributed by atoms with van der Waals surface area (Å²) in [5.41, 5.74) is 4.45. The van der Waals surface area contributed by atoms with Gasteiger partial charge in [-0.05, 0) is 29.8 Å². The van der Waals surface area contributed by atoms with Gasteiger partial charge in [-0.15, -0.1) is 0 Å². The lowest BCUT2D eigenvalue weighted by atomic mass is 10.2. The Balaban J connectivity index is 1.52. The number of hydrazone groups is 1. The highest BCUT2D eigenvalue weighted by Gasteiger charge is 2.13. The summed E-state index contributed by atoms with van der Waals surface area (Å²) in [4.78, 5) is 14.0. The molecule has 6 nitrogen and oxygen atoms in total. The SMILES string of the molecule is O=C(CN1CCOCC1)NN=Cc1ccccc1OCc1ccc(Br)cc1. The summed E-state index contributed by atoms with van der Waals surface area (Å²) in [6.45, 7) is 3.65. The molecule has 1 fully saturated rings. The fourth-order valence-corrected chi connectivity index (χ4v) is 2.90. The molecule has 0 spiro atoms. The highest BCUT2D eigenvalue weighted by atomic mass is 79.9. The standard InChI is InChI=1S/C20H22BrN3O3/c21-18-7-5-16(6-8-18)15-27-19-4-2-1-3-17(19)13-22-23-20(25)14-24-9-11-26-12-10-24/h1-8,13H,9-12,14-15H2,(H,23,25). The van der Waals surface area contributed by atoms with Gasteiger partial charge in [-0.3, -0.25) is 9.69 Å². The van der Waals surface area contributed by atoms with Gasteiger partial charge in [0.05, 0.1) is 26.0 Å². The number of hydrogen-bond donors (Lipinski definition) is 1. The molecule has 2 aromatic carbocycles. The van der Waals surface area contributed by atoms with E-state index in [0.29, 0.717) is 32.1 Å². The Hall–Kier alpha value is -2.22. The second-order valence-corrected chi connectivity index (χ2v) is 7.05. The molecule has 1 heterocycles. The van der Waals surface area contributed by atoms with Crippen LogP contribution < -0.4 is 10.2 Å². The number of carbonyl (C=O) groups is 1. The maximum Gasteiger partial charge on any atom is 0.254 e. The molecule has 1 aliphatic rings. The van der Waals surface area contributed by atoms with Crippen LogP contribution in [0.4, 0.5) is 0 Å². The number of carbonyl (C=O) groups excluding carboxylic acids is 1. The minimum atomic E-state index is -0.138. The maximum absolute atomic E-state index is 12.0. The largest absolute Gasteiger partial charge is 0.488 e. The lowest BCUT2D eigenvalue weighted by molar-refractivity contribution is -0.123. The summed E-state index contributed by atoms with van der Waals surface area (Å²) < 4.78 is 12.2. The monoisotopic (exact) mass is 431 g/mol. The Morgan fingerprint density at radius 1 is 1.19 bits per heavy atom. The first-order valence-electron chi connectivity index (χ1n) is 8.79. The summed E-state index contributed by atoms with van der Waals surface area (Å²) in [5.74, 6) is 0.577. The van der Waals surface area contributed by atoms with Crippen molar-refractivity contribution in [3.05, 3.63) is 64.1 Å². The van der Waals surface area contributed by atoms with Crippen LogP contribution >= 0.6 is 15.9 Å². The van der Waals surface area contributed by atoms with Crippen molar-refractivity contribution in [2.45, 2.75) is 6.61 Å². The fourth-order valence-electron chi connectivity index (χ4n) is 2.63. The summed E-state index contributed by atoms with van der Waals surface area (Å²) in [5, 5.41) is 4.07. The number of amides is 1. The number of nitrogens with one attached hydrogen (secondary N) is 1. The van der Waals surface area contributed by atoms with Gasteiger partial charge in [-0.25, -0.2) is 5.43 Å². The molecule has 0 radical (unpaired) electrons. The second kappa shape index (κ2) is 10.2. The lowest BCUT2D eigenvalue weighted by Gasteiger charge is -2.25. The Morgan fingerprint density at radius 3 is 2.70 bits per heavy atom. The molecule has 2 aromatic rings. The number of rotatable bonds is 7. The first kappa shape index (κ1) is 19.5. The molecule has 142 valence electrons. The molecular weight excluding hydrogens is 410 g/mol. The molecule has 7 heteroatoms. The van der Waals surface area contributed by atoms with Gasteiger partial charge in [0.25, 0.3) is 5.91 Å². The number of hydrogen-bond acceptors (Lipinski definition) is 5. The highest BCUT2D eigenvalue weighted by molar-refractivity contribution is 9.10. The summed E-state index contributed by atoms with van der Waals surface area (Å²) >= 11 is 3.42. The summed E-state index contributed by atoms with van der Waals surface area (Å²) in [7, 11) is 0. The van der Waals surface area contributed by atoms with E-state index in [-0.39, 0.29) is 5.91 Å². The van der Waals surface area contributed by atoms with Gasteiger partial charge in [-0.1, -0.05) is 40.2 Å². The van der Waals surface area contributed by atoms with Gasteiger partial charge in [0.1, 0.15) is 12.4 Å². The van der Waals surface area contributed by atoms with Crippen LogP contribution in [0, 0.1) is 0 Å². The molecular formula is C20H22BrN3O3. The zero-order valence-corrected chi connectivity index (χ0v) is 16.5. The predicted molar refractivity (Wildman–Crippen MR) is 108 cm³/mol. The first-order chi connectivity index (χ1) is 13.2. The lowest BCUT2D eigenvalue weighted by Crippen LogP contribution is -2.42. The zero-order chi connectivity index (χ0) is 18.9. The molecule has 0 unspecified atom stereocenters. The van der Waals surface area contributed by atoms with Crippen LogP contribution in [0.25, 0.3) is 0 Å². The molecule has 0 atom stereocenters. The third-order valence-corrected chi connectivity index (χ3v) is 4.62. The van der Waals surface area contributed by atoms with E-state index in [4.69, 9.17) is 9.47 Å². The van der Waals surface area contributed by atoms with E-state index < -0.39 is 0 Å². The number of halogens is 1. The predicted octanol–water partition coefficient (Wildman–Crippen LogP) is 2.81. The fraction of sp³-hybridized carbons (Fsp3) is 0.300. The molecule has 1 N–H and O–H groups in total. The second-order valence-electron chi connectivity index (χ2n) is 6.13. The number of benzene rings is 2. The number of para-hydroxylation sites is 1. The number of nitrogens with zero attached hydrogens (tertiary/aromatic N) is 2. The third kappa shape index (κ3) is 6.46. The first-order valence-corrected chi connectivity index (χ1v) is 9.58. The van der Waals surface area contributed by atoms with Crippen LogP contribution in [0.1, 0.15) is 11.1 Å². The van der Waals surface area contributed by atoms with E-state index in [0.717, 1.165) is 28.7 Å². The van der Waals surface area contributed by atoms with E-state index in [1.807, 2.05) is 53.4 Å². The van der Waals surface area contributed by atoms with Crippen molar-refractivity contribution in [1.82, 2.24) is 10.3 Å². The Kier molecular flexibility index (Phi) is 7.38. The van der Waals surface area contributed by atoms with Crippen LogP contribution in [0.3, 0.4) is 0 Å². The van der Waals surface area contributed by atoms with Gasteiger partial charge in [0.2, 0.25) is 0 Å².